The van der Waals surface area contributed by atoms with Gasteiger partial charge in [0.2, 0.25) is 5.91 Å². The van der Waals surface area contributed by atoms with Crippen molar-refractivity contribution >= 4 is 35.0 Å². The number of hydrogen-bond acceptors (Lipinski definition) is 2. The number of carbonyl (C=O) groups is 2. The van der Waals surface area contributed by atoms with Crippen molar-refractivity contribution in [3.8, 4) is 0 Å². The molecule has 4 nitrogen and oxygen atoms in total. The number of amides is 2. The van der Waals surface area contributed by atoms with Crippen LogP contribution < -0.4 is 0 Å². The molecular weight excluding hydrogens is 426 g/mol. The van der Waals surface area contributed by atoms with Gasteiger partial charge in [-0.1, -0.05) is 29.3 Å². The first kappa shape index (κ1) is 21.1. The molecule has 0 unspecified atom stereocenters. The van der Waals surface area contributed by atoms with Gasteiger partial charge in [-0.15, -0.1) is 0 Å². The van der Waals surface area contributed by atoms with Crippen LogP contribution >= 0.6 is 23.2 Å². The van der Waals surface area contributed by atoms with Crippen LogP contribution in [0.25, 0.3) is 0 Å². The average Bonchev–Trinajstić information content (AvgIpc) is 3.58. The molecule has 1 aliphatic heterocycles. The Morgan fingerprint density at radius 2 is 1.67 bits per heavy atom. The van der Waals surface area contributed by atoms with E-state index >= 15 is 0 Å². The molecule has 0 atom stereocenters. The van der Waals surface area contributed by atoms with Crippen molar-refractivity contribution in [2.45, 2.75) is 38.3 Å². The van der Waals surface area contributed by atoms with E-state index in [1.807, 2.05) is 0 Å². The summed E-state index contributed by atoms with van der Waals surface area (Å²) in [4.78, 5) is 29.5. The highest BCUT2D eigenvalue weighted by Crippen LogP contribution is 2.33. The van der Waals surface area contributed by atoms with Crippen LogP contribution in [0.2, 0.25) is 10.0 Å². The first-order chi connectivity index (χ1) is 14.4. The van der Waals surface area contributed by atoms with Crippen molar-refractivity contribution in [2.75, 3.05) is 13.1 Å². The molecule has 0 radical (unpaired) electrons. The Morgan fingerprint density at radius 3 is 2.27 bits per heavy atom. The monoisotopic (exact) mass is 448 g/mol. The lowest BCUT2D eigenvalue weighted by Gasteiger charge is -2.34. The Hall–Kier alpha value is -2.11. The molecule has 158 valence electrons. The number of likely N-dealkylation sites (tertiary alicyclic amines) is 1. The molecule has 2 amide bonds. The van der Waals surface area contributed by atoms with Gasteiger partial charge in [0.15, 0.2) is 0 Å². The highest BCUT2D eigenvalue weighted by atomic mass is 35.5. The number of piperidine rings is 1. The van der Waals surface area contributed by atoms with Crippen LogP contribution in [-0.2, 0) is 11.3 Å². The predicted molar refractivity (Wildman–Crippen MR) is 115 cm³/mol. The van der Waals surface area contributed by atoms with Crippen LogP contribution in [-0.4, -0.2) is 40.7 Å². The van der Waals surface area contributed by atoms with E-state index in [1.54, 1.807) is 46.2 Å². The van der Waals surface area contributed by atoms with E-state index in [2.05, 4.69) is 0 Å². The maximum absolute atomic E-state index is 14.3. The highest BCUT2D eigenvalue weighted by Gasteiger charge is 2.38. The lowest BCUT2D eigenvalue weighted by molar-refractivity contribution is -0.138. The molecule has 0 aromatic heterocycles. The third kappa shape index (κ3) is 4.62. The fraction of sp³-hybridized carbons (Fsp3) is 0.391. The summed E-state index contributed by atoms with van der Waals surface area (Å²) in [7, 11) is 0. The summed E-state index contributed by atoms with van der Waals surface area (Å²) in [5.41, 5.74) is 0.966. The summed E-state index contributed by atoms with van der Waals surface area (Å²) in [6.07, 6.45) is 3.08. The smallest absolute Gasteiger partial charge is 0.253 e. The van der Waals surface area contributed by atoms with Crippen molar-refractivity contribution < 1.29 is 14.0 Å². The zero-order valence-corrected chi connectivity index (χ0v) is 18.0. The molecule has 0 spiro atoms. The number of carbonyl (C=O) groups excluding carboxylic acids is 2. The van der Waals surface area contributed by atoms with E-state index in [4.69, 9.17) is 23.2 Å². The SMILES string of the molecule is O=C(c1ccc(Cl)cc1)N1CCC(C(=O)N(Cc2c(F)cccc2Cl)C2CC2)CC1. The maximum Gasteiger partial charge on any atom is 0.253 e. The van der Waals surface area contributed by atoms with Crippen LogP contribution in [0.3, 0.4) is 0 Å². The van der Waals surface area contributed by atoms with Crippen molar-refractivity contribution in [2.24, 2.45) is 5.92 Å². The summed E-state index contributed by atoms with van der Waals surface area (Å²) in [6.45, 7) is 1.24. The van der Waals surface area contributed by atoms with Crippen LogP contribution in [0.1, 0.15) is 41.6 Å². The second-order valence-electron chi connectivity index (χ2n) is 7.97. The molecular formula is C23H23Cl2FN2O2. The van der Waals surface area contributed by atoms with E-state index in [1.165, 1.54) is 6.07 Å². The van der Waals surface area contributed by atoms with Crippen LogP contribution in [0, 0.1) is 11.7 Å². The molecule has 0 bridgehead atoms. The second kappa shape index (κ2) is 8.94. The Kier molecular flexibility index (Phi) is 6.30. The number of rotatable bonds is 5. The molecule has 0 N–H and O–H groups in total. The first-order valence-corrected chi connectivity index (χ1v) is 11.0. The fourth-order valence-electron chi connectivity index (χ4n) is 3.97. The van der Waals surface area contributed by atoms with Crippen molar-refractivity contribution in [1.82, 2.24) is 9.80 Å². The zero-order valence-electron chi connectivity index (χ0n) is 16.5. The molecule has 2 aromatic carbocycles. The molecule has 7 heteroatoms. The Bertz CT molecular complexity index is 918. The first-order valence-electron chi connectivity index (χ1n) is 10.2. The Labute approximate surface area is 185 Å². The van der Waals surface area contributed by atoms with E-state index < -0.39 is 0 Å². The zero-order chi connectivity index (χ0) is 21.3. The van der Waals surface area contributed by atoms with Gasteiger partial charge in [-0.25, -0.2) is 4.39 Å². The van der Waals surface area contributed by atoms with E-state index in [0.717, 1.165) is 12.8 Å². The molecule has 2 aromatic rings. The third-order valence-electron chi connectivity index (χ3n) is 5.88. The van der Waals surface area contributed by atoms with Crippen molar-refractivity contribution in [1.29, 1.82) is 0 Å². The van der Waals surface area contributed by atoms with Crippen LogP contribution in [0.4, 0.5) is 4.39 Å². The minimum Gasteiger partial charge on any atom is -0.339 e. The van der Waals surface area contributed by atoms with Crippen molar-refractivity contribution in [3.63, 3.8) is 0 Å². The summed E-state index contributed by atoms with van der Waals surface area (Å²) in [5.74, 6) is -0.556. The minimum absolute atomic E-state index is 0.0374. The Morgan fingerprint density at radius 1 is 1.00 bits per heavy atom. The highest BCUT2D eigenvalue weighted by molar-refractivity contribution is 6.31. The van der Waals surface area contributed by atoms with Gasteiger partial charge in [0, 0.05) is 46.2 Å². The largest absolute Gasteiger partial charge is 0.339 e. The number of halogens is 3. The van der Waals surface area contributed by atoms with Gasteiger partial charge in [-0.05, 0) is 62.1 Å². The molecule has 1 saturated carbocycles. The summed E-state index contributed by atoms with van der Waals surface area (Å²) >= 11 is 12.1. The van der Waals surface area contributed by atoms with Gasteiger partial charge in [0.05, 0.1) is 6.54 Å². The molecule has 1 aliphatic carbocycles. The normalized spacial score (nSPS) is 17.1. The summed E-state index contributed by atoms with van der Waals surface area (Å²) < 4.78 is 14.3. The average molecular weight is 449 g/mol. The van der Waals surface area contributed by atoms with E-state index in [0.29, 0.717) is 47.1 Å². The van der Waals surface area contributed by atoms with Crippen LogP contribution in [0.5, 0.6) is 0 Å². The lowest BCUT2D eigenvalue weighted by atomic mass is 9.94. The molecule has 1 heterocycles. The van der Waals surface area contributed by atoms with Gasteiger partial charge < -0.3 is 9.80 Å². The topological polar surface area (TPSA) is 40.6 Å². The standard InChI is InChI=1S/C23H23Cl2FN2O2/c24-17-6-4-15(5-7-17)22(29)27-12-10-16(11-13-27)23(30)28(18-8-9-18)14-19-20(25)2-1-3-21(19)26/h1-7,16,18H,8-14H2. The third-order valence-corrected chi connectivity index (χ3v) is 6.49. The van der Waals surface area contributed by atoms with Gasteiger partial charge in [0.25, 0.3) is 5.91 Å². The van der Waals surface area contributed by atoms with Gasteiger partial charge >= 0.3 is 0 Å². The molecule has 4 rings (SSSR count). The fourth-order valence-corrected chi connectivity index (χ4v) is 4.31. The molecule has 30 heavy (non-hydrogen) atoms. The second-order valence-corrected chi connectivity index (χ2v) is 8.81. The van der Waals surface area contributed by atoms with Gasteiger partial charge in [0.1, 0.15) is 5.82 Å². The lowest BCUT2D eigenvalue weighted by Crippen LogP contribution is -2.45. The van der Waals surface area contributed by atoms with Crippen molar-refractivity contribution in [3.05, 3.63) is 69.5 Å². The van der Waals surface area contributed by atoms with Gasteiger partial charge in [-0.3, -0.25) is 9.59 Å². The van der Waals surface area contributed by atoms with Crippen LogP contribution in [0.15, 0.2) is 42.5 Å². The molecule has 1 saturated heterocycles. The minimum atomic E-state index is -0.385. The summed E-state index contributed by atoms with van der Waals surface area (Å²) in [6, 6.07) is 11.6. The molecule has 2 aliphatic rings. The maximum atomic E-state index is 14.3. The quantitative estimate of drug-likeness (QED) is 0.632. The van der Waals surface area contributed by atoms with E-state index in [9.17, 15) is 14.0 Å². The summed E-state index contributed by atoms with van der Waals surface area (Å²) in [5, 5.41) is 0.933. The predicted octanol–water partition coefficient (Wildman–Crippen LogP) is 5.18. The molecule has 2 fully saturated rings. The number of benzene rings is 2. The Balaban J connectivity index is 1.40. The van der Waals surface area contributed by atoms with E-state index in [-0.39, 0.29) is 36.1 Å². The number of nitrogens with zero attached hydrogens (tertiary/aromatic N) is 2. The number of hydrogen-bond donors (Lipinski definition) is 0. The van der Waals surface area contributed by atoms with Gasteiger partial charge in [-0.2, -0.15) is 0 Å².